The Hall–Kier alpha value is -2.76. The SMILES string of the molecule is CC(C)[C@H](C(=O)NO)N(Cc1cn(CCOCCOCCOCCF)nn1)S(=O)(=O)c1ccc(OCCF)cc1. The molecule has 40 heavy (non-hydrogen) atoms. The van der Waals surface area contributed by atoms with Gasteiger partial charge in [-0.25, -0.2) is 27.4 Å². The Balaban J connectivity index is 2.06. The number of rotatable bonds is 21. The molecule has 0 radical (unpaired) electrons. The van der Waals surface area contributed by atoms with Crippen LogP contribution >= 0.6 is 0 Å². The molecular formula is C24H37F2N5O8S. The highest BCUT2D eigenvalue weighted by atomic mass is 32.2. The van der Waals surface area contributed by atoms with Crippen LogP contribution in [0.1, 0.15) is 19.5 Å². The number of nitrogens with one attached hydrogen (secondary N) is 1. The molecule has 0 saturated carbocycles. The molecule has 0 saturated heterocycles. The number of sulfonamides is 1. The number of hydrogen-bond acceptors (Lipinski definition) is 10. The largest absolute Gasteiger partial charge is 0.491 e. The summed E-state index contributed by atoms with van der Waals surface area (Å²) in [5.74, 6) is -1.13. The van der Waals surface area contributed by atoms with Gasteiger partial charge in [-0.3, -0.25) is 10.0 Å². The average Bonchev–Trinajstić information content (AvgIpc) is 3.39. The van der Waals surface area contributed by atoms with Crippen molar-refractivity contribution in [2.45, 2.75) is 37.9 Å². The highest BCUT2D eigenvalue weighted by Crippen LogP contribution is 2.26. The number of nitrogens with zero attached hydrogens (tertiary/aromatic N) is 4. The second-order valence-electron chi connectivity index (χ2n) is 8.72. The van der Waals surface area contributed by atoms with Crippen LogP contribution in [-0.2, 0) is 42.1 Å². The molecule has 0 spiro atoms. The number of aromatic nitrogens is 3. The monoisotopic (exact) mass is 593 g/mol. The van der Waals surface area contributed by atoms with Crippen molar-refractivity contribution in [2.24, 2.45) is 5.92 Å². The van der Waals surface area contributed by atoms with Crippen LogP contribution < -0.4 is 10.2 Å². The molecule has 0 aliphatic carbocycles. The molecule has 1 amide bonds. The number of hydroxylamine groups is 1. The van der Waals surface area contributed by atoms with Gasteiger partial charge in [0.25, 0.3) is 5.91 Å². The summed E-state index contributed by atoms with van der Waals surface area (Å²) in [5.41, 5.74) is 1.81. The Morgan fingerprint density at radius 2 is 1.60 bits per heavy atom. The zero-order valence-corrected chi connectivity index (χ0v) is 23.4. The van der Waals surface area contributed by atoms with E-state index in [1.54, 1.807) is 19.3 Å². The summed E-state index contributed by atoms with van der Waals surface area (Å²) in [6.45, 7) is 3.52. The van der Waals surface area contributed by atoms with Gasteiger partial charge in [0.2, 0.25) is 10.0 Å². The number of ether oxygens (including phenoxy) is 4. The van der Waals surface area contributed by atoms with E-state index in [0.717, 1.165) is 4.31 Å². The molecule has 2 rings (SSSR count). The number of carbonyl (C=O) groups excluding carboxylic acids is 1. The Morgan fingerprint density at radius 1 is 1.00 bits per heavy atom. The zero-order chi connectivity index (χ0) is 29.4. The molecule has 1 aromatic carbocycles. The van der Waals surface area contributed by atoms with E-state index in [1.807, 2.05) is 0 Å². The fraction of sp³-hybridized carbons (Fsp3) is 0.625. The lowest BCUT2D eigenvalue weighted by Crippen LogP contribution is -2.51. The first-order valence-electron chi connectivity index (χ1n) is 12.7. The maximum absolute atomic E-state index is 13.7. The van der Waals surface area contributed by atoms with Gasteiger partial charge in [-0.15, -0.1) is 5.10 Å². The van der Waals surface area contributed by atoms with Crippen molar-refractivity contribution in [3.63, 3.8) is 0 Å². The molecular weight excluding hydrogens is 556 g/mol. The molecule has 16 heteroatoms. The predicted molar refractivity (Wildman–Crippen MR) is 138 cm³/mol. The van der Waals surface area contributed by atoms with Crippen LogP contribution in [0, 0.1) is 5.92 Å². The lowest BCUT2D eigenvalue weighted by atomic mass is 10.0. The van der Waals surface area contributed by atoms with Gasteiger partial charge >= 0.3 is 0 Å². The van der Waals surface area contributed by atoms with Gasteiger partial charge in [-0.1, -0.05) is 19.1 Å². The number of amides is 1. The summed E-state index contributed by atoms with van der Waals surface area (Å²) < 4.78 is 75.0. The third-order valence-corrected chi connectivity index (χ3v) is 7.27. The third-order valence-electron chi connectivity index (χ3n) is 5.43. The van der Waals surface area contributed by atoms with E-state index in [9.17, 15) is 27.2 Å². The van der Waals surface area contributed by atoms with Crippen LogP contribution in [0.3, 0.4) is 0 Å². The van der Waals surface area contributed by atoms with E-state index >= 15 is 0 Å². The molecule has 0 aliphatic rings. The Morgan fingerprint density at radius 3 is 2.17 bits per heavy atom. The van der Waals surface area contributed by atoms with Crippen molar-refractivity contribution in [3.05, 3.63) is 36.2 Å². The quantitative estimate of drug-likeness (QED) is 0.123. The summed E-state index contributed by atoms with van der Waals surface area (Å²) in [6.07, 6.45) is 1.53. The zero-order valence-electron chi connectivity index (χ0n) is 22.6. The third kappa shape index (κ3) is 10.7. The average molecular weight is 594 g/mol. The summed E-state index contributed by atoms with van der Waals surface area (Å²) in [5, 5.41) is 17.3. The highest BCUT2D eigenvalue weighted by molar-refractivity contribution is 7.89. The molecule has 0 unspecified atom stereocenters. The summed E-state index contributed by atoms with van der Waals surface area (Å²) in [4.78, 5) is 12.4. The van der Waals surface area contributed by atoms with Gasteiger partial charge in [0.1, 0.15) is 31.7 Å². The van der Waals surface area contributed by atoms with Gasteiger partial charge in [0, 0.05) is 6.20 Å². The maximum atomic E-state index is 13.7. The first kappa shape index (κ1) is 33.4. The van der Waals surface area contributed by atoms with Crippen LogP contribution in [0.25, 0.3) is 0 Å². The highest BCUT2D eigenvalue weighted by Gasteiger charge is 2.38. The van der Waals surface area contributed by atoms with E-state index in [-0.39, 0.29) is 42.7 Å². The molecule has 1 aromatic heterocycles. The van der Waals surface area contributed by atoms with Crippen molar-refractivity contribution in [1.82, 2.24) is 24.8 Å². The van der Waals surface area contributed by atoms with Crippen molar-refractivity contribution in [2.75, 3.05) is 59.6 Å². The van der Waals surface area contributed by atoms with Gasteiger partial charge in [0.05, 0.1) is 63.3 Å². The maximum Gasteiger partial charge on any atom is 0.262 e. The summed E-state index contributed by atoms with van der Waals surface area (Å²) in [6, 6.07) is 4.09. The van der Waals surface area contributed by atoms with Crippen LogP contribution in [0.15, 0.2) is 35.4 Å². The Bertz CT molecular complexity index is 1100. The molecule has 13 nitrogen and oxygen atoms in total. The van der Waals surface area contributed by atoms with Crippen molar-refractivity contribution >= 4 is 15.9 Å². The molecule has 2 aromatic rings. The van der Waals surface area contributed by atoms with E-state index < -0.39 is 41.2 Å². The molecule has 2 N–H and O–H groups in total. The smallest absolute Gasteiger partial charge is 0.262 e. The van der Waals surface area contributed by atoms with Crippen LogP contribution in [0.2, 0.25) is 0 Å². The minimum atomic E-state index is -4.28. The number of benzene rings is 1. The summed E-state index contributed by atoms with van der Waals surface area (Å²) >= 11 is 0. The Kier molecular flexibility index (Phi) is 14.9. The van der Waals surface area contributed by atoms with Gasteiger partial charge in [0.15, 0.2) is 0 Å². The van der Waals surface area contributed by atoms with E-state index in [4.69, 9.17) is 18.9 Å². The lowest BCUT2D eigenvalue weighted by Gasteiger charge is -2.31. The second-order valence-corrected chi connectivity index (χ2v) is 10.6. The van der Waals surface area contributed by atoms with Crippen LogP contribution in [0.5, 0.6) is 5.75 Å². The van der Waals surface area contributed by atoms with Crippen molar-refractivity contribution < 1.29 is 46.1 Å². The molecule has 0 aliphatic heterocycles. The number of hydrogen-bond donors (Lipinski definition) is 2. The molecule has 226 valence electrons. The van der Waals surface area contributed by atoms with Crippen molar-refractivity contribution in [3.8, 4) is 5.75 Å². The number of carbonyl (C=O) groups is 1. The number of halogens is 2. The fourth-order valence-corrected chi connectivity index (χ4v) is 5.29. The summed E-state index contributed by atoms with van der Waals surface area (Å²) in [7, 11) is -4.28. The van der Waals surface area contributed by atoms with Gasteiger partial charge in [-0.2, -0.15) is 4.31 Å². The lowest BCUT2D eigenvalue weighted by molar-refractivity contribution is -0.134. The first-order valence-corrected chi connectivity index (χ1v) is 14.1. The molecule has 0 bridgehead atoms. The van der Waals surface area contributed by atoms with E-state index in [2.05, 4.69) is 10.3 Å². The van der Waals surface area contributed by atoms with Gasteiger partial charge < -0.3 is 18.9 Å². The molecule has 1 atom stereocenters. The Labute approximate surface area is 232 Å². The minimum absolute atomic E-state index is 0.0430. The fourth-order valence-electron chi connectivity index (χ4n) is 3.60. The van der Waals surface area contributed by atoms with Gasteiger partial charge in [-0.05, 0) is 30.2 Å². The van der Waals surface area contributed by atoms with E-state index in [0.29, 0.717) is 33.0 Å². The topological polar surface area (TPSA) is 154 Å². The first-order chi connectivity index (χ1) is 19.2. The number of alkyl halides is 2. The van der Waals surface area contributed by atoms with Crippen LogP contribution in [-0.4, -0.2) is 104 Å². The standard InChI is InChI=1S/C24H37F2N5O8S/c1-19(2)23(24(32)28-33)31(40(34,35)22-5-3-21(4-6-22)39-11-8-26)18-20-17-30(29-27-20)9-12-37-14-16-38-15-13-36-10-7-25/h3-6,17,19,23,33H,7-16,18H2,1-2H3,(H,28,32)/t23-/m1/s1. The molecule has 0 fully saturated rings. The molecule has 1 heterocycles. The van der Waals surface area contributed by atoms with Crippen LogP contribution in [0.4, 0.5) is 8.78 Å². The second kappa shape index (κ2) is 17.8. The minimum Gasteiger partial charge on any atom is -0.491 e. The van der Waals surface area contributed by atoms with E-state index in [1.165, 1.54) is 35.1 Å². The predicted octanol–water partition coefficient (Wildman–Crippen LogP) is 1.37. The van der Waals surface area contributed by atoms with Crippen molar-refractivity contribution in [1.29, 1.82) is 0 Å². The normalized spacial score (nSPS) is 12.7.